The van der Waals surface area contributed by atoms with E-state index in [1.54, 1.807) is 30.7 Å². The molecule has 6 heterocycles. The van der Waals surface area contributed by atoms with Crippen molar-refractivity contribution in [2.45, 2.75) is 58.3 Å². The number of nitrogens with zero attached hydrogens (tertiary/aromatic N) is 4. The number of hydrogen-bond donors (Lipinski definition) is 0. The molecule has 8 rings (SSSR count). The largest absolute Gasteiger partial charge is 0.497 e. The van der Waals surface area contributed by atoms with E-state index in [2.05, 4.69) is 9.80 Å². The molecule has 50 heavy (non-hydrogen) atoms. The standard InChI is InChI=1S/C38H38N4O8/c1-4-24-26-20-42-30(35(26)39-29-10-11-31-25(34(24)29)18-33(44)49-31)19-28-27(36(42)45)21-48-37(46)38(28,5-2)50-32(43)12-13-40-14-16-41(17-15-40)22-6-8-23(47-3)9-7-22/h6-11,19H,4-5,12-18,20-21H2,1-3H3/t38-/m0/s1. The molecule has 0 bridgehead atoms. The molecule has 0 N–H and O–H groups in total. The SMILES string of the molecule is CCc1c2c(nc3ccc4c(c13)CC(=O)O4)-c1cc3c(c(=O)n1C2)COC(=O)[C@@]3(CC)OC(=O)CCN1CCN(c2ccc(OC)cc2)CC1. The van der Waals surface area contributed by atoms with Gasteiger partial charge in [-0.25, -0.2) is 9.78 Å². The number of carbonyl (C=O) groups is 3. The van der Waals surface area contributed by atoms with Crippen LogP contribution in [0.1, 0.15) is 54.5 Å². The summed E-state index contributed by atoms with van der Waals surface area (Å²) < 4.78 is 24.0. The lowest BCUT2D eigenvalue weighted by Gasteiger charge is -2.37. The van der Waals surface area contributed by atoms with Crippen LogP contribution in [0.4, 0.5) is 5.69 Å². The highest BCUT2D eigenvalue weighted by molar-refractivity contribution is 5.97. The first kappa shape index (κ1) is 32.0. The van der Waals surface area contributed by atoms with E-state index in [0.29, 0.717) is 53.3 Å². The van der Waals surface area contributed by atoms with Gasteiger partial charge in [-0.15, -0.1) is 0 Å². The first-order chi connectivity index (χ1) is 24.2. The first-order valence-corrected chi connectivity index (χ1v) is 17.2. The maximum absolute atomic E-state index is 14.1. The number of fused-ring (bicyclic) bond motifs is 7. The fourth-order valence-electron chi connectivity index (χ4n) is 7.96. The summed E-state index contributed by atoms with van der Waals surface area (Å²) in [6.07, 6.45) is 1.02. The number of aryl methyl sites for hydroxylation is 1. The number of cyclic esters (lactones) is 1. The minimum atomic E-state index is -1.75. The topological polar surface area (TPSA) is 130 Å². The van der Waals surface area contributed by atoms with Crippen LogP contribution < -0.4 is 19.9 Å². The van der Waals surface area contributed by atoms with Crippen molar-refractivity contribution < 1.29 is 33.3 Å². The minimum Gasteiger partial charge on any atom is -0.497 e. The predicted molar refractivity (Wildman–Crippen MR) is 183 cm³/mol. The molecular weight excluding hydrogens is 640 g/mol. The number of benzene rings is 2. The highest BCUT2D eigenvalue weighted by Crippen LogP contribution is 2.44. The van der Waals surface area contributed by atoms with Crippen molar-refractivity contribution in [1.29, 1.82) is 0 Å². The molecule has 1 saturated heterocycles. The summed E-state index contributed by atoms with van der Waals surface area (Å²) in [5.74, 6) is -0.155. The van der Waals surface area contributed by atoms with Gasteiger partial charge in [-0.1, -0.05) is 13.8 Å². The van der Waals surface area contributed by atoms with Crippen LogP contribution in [0.2, 0.25) is 0 Å². The van der Waals surface area contributed by atoms with Gasteiger partial charge in [-0.2, -0.15) is 0 Å². The highest BCUT2D eigenvalue weighted by Gasteiger charge is 2.50. The van der Waals surface area contributed by atoms with Gasteiger partial charge < -0.3 is 28.4 Å². The van der Waals surface area contributed by atoms with Crippen molar-refractivity contribution in [3.8, 4) is 22.9 Å². The Kier molecular flexibility index (Phi) is 7.86. The zero-order valence-electron chi connectivity index (χ0n) is 28.4. The number of piperazine rings is 1. The van der Waals surface area contributed by atoms with E-state index in [1.165, 1.54) is 0 Å². The number of esters is 3. The Hall–Kier alpha value is -5.23. The Labute approximate surface area is 288 Å². The highest BCUT2D eigenvalue weighted by atomic mass is 16.6. The molecule has 12 nitrogen and oxygen atoms in total. The van der Waals surface area contributed by atoms with Gasteiger partial charge in [0.2, 0.25) is 5.60 Å². The van der Waals surface area contributed by atoms with Gasteiger partial charge in [0.05, 0.1) is 49.0 Å². The molecule has 0 unspecified atom stereocenters. The van der Waals surface area contributed by atoms with Crippen LogP contribution in [-0.2, 0) is 55.5 Å². The fourth-order valence-corrected chi connectivity index (χ4v) is 7.96. The van der Waals surface area contributed by atoms with Crippen molar-refractivity contribution in [3.05, 3.63) is 80.6 Å². The smallest absolute Gasteiger partial charge is 0.355 e. The van der Waals surface area contributed by atoms with Crippen LogP contribution in [0, 0.1) is 0 Å². The number of pyridine rings is 2. The van der Waals surface area contributed by atoms with Crippen LogP contribution in [0.3, 0.4) is 0 Å². The summed E-state index contributed by atoms with van der Waals surface area (Å²) in [5.41, 5.74) is 4.35. The minimum absolute atomic E-state index is 0.0869. The van der Waals surface area contributed by atoms with Crippen molar-refractivity contribution in [2.75, 3.05) is 44.7 Å². The van der Waals surface area contributed by atoms with Gasteiger partial charge in [-0.3, -0.25) is 19.3 Å². The number of anilines is 1. The Balaban J connectivity index is 1.05. The van der Waals surface area contributed by atoms with E-state index in [0.717, 1.165) is 59.7 Å². The third-order valence-corrected chi connectivity index (χ3v) is 10.6. The number of methoxy groups -OCH3 is 1. The molecule has 1 atom stereocenters. The van der Waals surface area contributed by atoms with Crippen LogP contribution in [0.5, 0.6) is 11.5 Å². The van der Waals surface area contributed by atoms with Crippen molar-refractivity contribution >= 4 is 34.5 Å². The van der Waals surface area contributed by atoms with Gasteiger partial charge in [0.1, 0.15) is 18.1 Å². The number of rotatable bonds is 8. The van der Waals surface area contributed by atoms with Gasteiger partial charge in [0.25, 0.3) is 5.56 Å². The van der Waals surface area contributed by atoms with Crippen molar-refractivity contribution in [1.82, 2.24) is 14.5 Å². The van der Waals surface area contributed by atoms with Crippen LogP contribution >= 0.6 is 0 Å². The molecule has 1 fully saturated rings. The lowest BCUT2D eigenvalue weighted by molar-refractivity contribution is -0.189. The second-order valence-electron chi connectivity index (χ2n) is 13.2. The molecule has 2 aromatic heterocycles. The fraction of sp³-hybridized carbons (Fsp3) is 0.395. The maximum atomic E-state index is 14.1. The quantitative estimate of drug-likeness (QED) is 0.175. The molecule has 2 aromatic carbocycles. The molecule has 258 valence electrons. The van der Waals surface area contributed by atoms with Crippen molar-refractivity contribution in [3.63, 3.8) is 0 Å². The molecule has 4 aliphatic rings. The van der Waals surface area contributed by atoms with Crippen LogP contribution in [0.15, 0.2) is 47.3 Å². The average Bonchev–Trinajstić information content (AvgIpc) is 3.71. The molecule has 0 spiro atoms. The lowest BCUT2D eigenvalue weighted by atomic mass is 9.85. The number of ether oxygens (including phenoxy) is 4. The van der Waals surface area contributed by atoms with Crippen molar-refractivity contribution in [2.24, 2.45) is 0 Å². The van der Waals surface area contributed by atoms with Crippen LogP contribution in [0.25, 0.3) is 22.3 Å². The van der Waals surface area contributed by atoms with E-state index in [4.69, 9.17) is 23.9 Å². The summed E-state index contributed by atoms with van der Waals surface area (Å²) in [4.78, 5) is 62.8. The summed E-state index contributed by atoms with van der Waals surface area (Å²) >= 11 is 0. The Morgan fingerprint density at radius 2 is 1.76 bits per heavy atom. The predicted octanol–water partition coefficient (Wildman–Crippen LogP) is 3.88. The number of hydrogen-bond acceptors (Lipinski definition) is 11. The average molecular weight is 679 g/mol. The Morgan fingerprint density at radius 1 is 0.980 bits per heavy atom. The maximum Gasteiger partial charge on any atom is 0.355 e. The molecule has 12 heteroatoms. The van der Waals surface area contributed by atoms with Gasteiger partial charge in [-0.05, 0) is 60.9 Å². The summed E-state index contributed by atoms with van der Waals surface area (Å²) in [7, 11) is 1.65. The normalized spacial score (nSPS) is 19.4. The third-order valence-electron chi connectivity index (χ3n) is 10.6. The second-order valence-corrected chi connectivity index (χ2v) is 13.2. The van der Waals surface area contributed by atoms with E-state index in [9.17, 15) is 19.2 Å². The molecule has 4 aliphatic heterocycles. The molecule has 0 radical (unpaired) electrons. The Bertz CT molecular complexity index is 2130. The summed E-state index contributed by atoms with van der Waals surface area (Å²) in [6.45, 7) is 7.54. The second kappa shape index (κ2) is 12.3. The van der Waals surface area contributed by atoms with Gasteiger partial charge in [0.15, 0.2) is 0 Å². The zero-order valence-corrected chi connectivity index (χ0v) is 28.4. The summed E-state index contributed by atoms with van der Waals surface area (Å²) in [6, 6.07) is 13.4. The lowest BCUT2D eigenvalue weighted by Crippen LogP contribution is -2.49. The van der Waals surface area contributed by atoms with E-state index < -0.39 is 17.5 Å². The monoisotopic (exact) mass is 678 g/mol. The molecule has 0 aliphatic carbocycles. The molecule has 0 saturated carbocycles. The van der Waals surface area contributed by atoms with Gasteiger partial charge >= 0.3 is 17.9 Å². The van der Waals surface area contributed by atoms with E-state index >= 15 is 0 Å². The Morgan fingerprint density at radius 3 is 2.48 bits per heavy atom. The molecular formula is C38H38N4O8. The number of carbonyl (C=O) groups excluding carboxylic acids is 3. The van der Waals surface area contributed by atoms with Crippen LogP contribution in [-0.4, -0.2) is 72.2 Å². The third kappa shape index (κ3) is 5.03. The first-order valence-electron chi connectivity index (χ1n) is 17.2. The van der Waals surface area contributed by atoms with E-state index in [-0.39, 0.29) is 37.4 Å². The zero-order chi connectivity index (χ0) is 34.7. The van der Waals surface area contributed by atoms with E-state index in [1.807, 2.05) is 37.3 Å². The number of aromatic nitrogens is 2. The molecule has 4 aromatic rings. The van der Waals surface area contributed by atoms with Gasteiger partial charge in [0, 0.05) is 60.5 Å². The molecule has 0 amide bonds. The summed E-state index contributed by atoms with van der Waals surface area (Å²) in [5, 5.41) is 0.887.